The number of aliphatic carboxylic acids is 2. The standard InChI is InChI=1S/C18H26N2O8S.C18H26N2O5.C14H22N2O2.4CH4.ClH/c1-2-3-4-11-19-18(24)15(20-16(21)9-10-17(22)23)12-13-5-7-14(8-6-13)28-29(25,26)27;1-2-3-4-11-19-18(25)15(20-16(22)9-10-17(23)24)12-13-5-7-14(21)8-6-13;1-2-3-4-9-16-14(18)13(15)10-11-5-7-12(17)8-6-11;;;;;/h5-8,15H,2-4,9-12H2,1H3,(H,19,24)(H,20,21)(H,22,23)(H,25,26,27);5-8,15,21H,2-4,9-12H2,1H3,(H,19,25)(H,20,22)(H,23,24);5-8,13,17H,2-4,9-10,15H2,1H3,(H,16,18);4*1H4;1H/t;;13-;;;;;/m..0...../s1. The number of aromatic hydroxyl groups is 2. The first-order valence-electron chi connectivity index (χ1n) is 24.1. The number of rotatable bonds is 31. The van der Waals surface area contributed by atoms with Gasteiger partial charge in [0.25, 0.3) is 0 Å². The molecule has 0 spiro atoms. The van der Waals surface area contributed by atoms with Crippen LogP contribution in [0.25, 0.3) is 0 Å². The summed E-state index contributed by atoms with van der Waals surface area (Å²) >= 11 is 0. The van der Waals surface area contributed by atoms with Crippen molar-refractivity contribution in [1.82, 2.24) is 26.6 Å². The van der Waals surface area contributed by atoms with Crippen molar-refractivity contribution >= 4 is 64.3 Å². The van der Waals surface area contributed by atoms with E-state index in [0.717, 1.165) is 68.9 Å². The molecule has 0 aliphatic carbocycles. The zero-order valence-electron chi connectivity index (χ0n) is 41.8. The van der Waals surface area contributed by atoms with E-state index in [-0.39, 0.29) is 110 Å². The molecule has 5 amide bonds. The molecule has 77 heavy (non-hydrogen) atoms. The lowest BCUT2D eigenvalue weighted by atomic mass is 10.0. The van der Waals surface area contributed by atoms with E-state index in [4.69, 9.17) is 25.6 Å². The molecule has 3 aromatic rings. The van der Waals surface area contributed by atoms with Crippen LogP contribution in [-0.2, 0) is 63.2 Å². The van der Waals surface area contributed by atoms with Gasteiger partial charge in [0.15, 0.2) is 0 Å². The Morgan fingerprint density at radius 2 is 0.818 bits per heavy atom. The van der Waals surface area contributed by atoms with E-state index >= 15 is 0 Å². The Hall–Kier alpha value is -6.49. The van der Waals surface area contributed by atoms with E-state index in [0.29, 0.717) is 31.6 Å². The summed E-state index contributed by atoms with van der Waals surface area (Å²) in [7, 11) is -4.64. The van der Waals surface area contributed by atoms with Crippen LogP contribution < -0.4 is 36.5 Å². The summed E-state index contributed by atoms with van der Waals surface area (Å²) in [5.74, 6) is -3.80. The Morgan fingerprint density at radius 1 is 0.506 bits per heavy atom. The molecule has 440 valence electrons. The van der Waals surface area contributed by atoms with Crippen molar-refractivity contribution in [2.24, 2.45) is 5.73 Å². The SMILES string of the molecule is C.C.C.C.CCCCCNC(=O)C(Cc1ccc(O)cc1)NC(=O)CCC(=O)O.CCCCCNC(=O)C(Cc1ccc(OS(=O)(=O)O)cc1)NC(=O)CCC(=O)O.CCCCCNC(=O)[C@@H](N)Cc1ccc(O)cc1.Cl. The number of benzene rings is 3. The molecule has 3 rings (SSSR count). The van der Waals surface area contributed by atoms with Crippen molar-refractivity contribution in [2.75, 3.05) is 19.6 Å². The molecule has 12 N–H and O–H groups in total. The van der Waals surface area contributed by atoms with Gasteiger partial charge in [0.05, 0.1) is 18.9 Å². The van der Waals surface area contributed by atoms with Crippen LogP contribution in [0, 0.1) is 0 Å². The normalized spacial score (nSPS) is 11.1. The maximum Gasteiger partial charge on any atom is 0.446 e. The number of carboxylic acid groups (broad SMARTS) is 2. The fourth-order valence-electron chi connectivity index (χ4n) is 6.41. The Labute approximate surface area is 463 Å². The van der Waals surface area contributed by atoms with Gasteiger partial charge in [-0.1, -0.05) is 125 Å². The zero-order valence-corrected chi connectivity index (χ0v) is 43.4. The highest BCUT2D eigenvalue weighted by atomic mass is 35.5. The number of unbranched alkanes of at least 4 members (excludes halogenated alkanes) is 6. The van der Waals surface area contributed by atoms with Crippen LogP contribution in [0.5, 0.6) is 17.2 Å². The predicted molar refractivity (Wildman–Crippen MR) is 303 cm³/mol. The summed E-state index contributed by atoms with van der Waals surface area (Å²) in [6, 6.07) is 16.5. The van der Waals surface area contributed by atoms with E-state index in [1.807, 2.05) is 6.92 Å². The van der Waals surface area contributed by atoms with Gasteiger partial charge >= 0.3 is 22.3 Å². The lowest BCUT2D eigenvalue weighted by Crippen LogP contribution is -2.48. The lowest BCUT2D eigenvalue weighted by molar-refractivity contribution is -0.139. The van der Waals surface area contributed by atoms with Gasteiger partial charge in [-0.15, -0.1) is 12.4 Å². The van der Waals surface area contributed by atoms with Gasteiger partial charge in [-0.05, 0) is 78.8 Å². The molecule has 23 heteroatoms. The number of carbonyl (C=O) groups excluding carboxylic acids is 5. The number of amides is 5. The van der Waals surface area contributed by atoms with Crippen molar-refractivity contribution in [1.29, 1.82) is 0 Å². The van der Waals surface area contributed by atoms with E-state index in [2.05, 4.69) is 44.6 Å². The quantitative estimate of drug-likeness (QED) is 0.0224. The maximum atomic E-state index is 12.5. The predicted octanol–water partition coefficient (Wildman–Crippen LogP) is 7.19. The molecular weight excluding hydrogens is 1040 g/mol. The van der Waals surface area contributed by atoms with Gasteiger partial charge in [-0.3, -0.25) is 38.1 Å². The average Bonchev–Trinajstić information content (AvgIpc) is 3.33. The van der Waals surface area contributed by atoms with Crippen LogP contribution in [0.1, 0.15) is 151 Å². The van der Waals surface area contributed by atoms with Gasteiger partial charge in [0, 0.05) is 45.3 Å². The second kappa shape index (κ2) is 45.7. The summed E-state index contributed by atoms with van der Waals surface area (Å²) in [5.41, 5.74) is 8.16. The van der Waals surface area contributed by atoms with E-state index < -0.39 is 58.2 Å². The second-order valence-corrected chi connectivity index (χ2v) is 17.8. The average molecular weight is 1130 g/mol. The number of halogens is 1. The molecular formula is C54H91ClN6O15S. The fraction of sp³-hybridized carbons (Fsp3) is 0.537. The van der Waals surface area contributed by atoms with Crippen LogP contribution in [0.15, 0.2) is 72.8 Å². The van der Waals surface area contributed by atoms with E-state index in [9.17, 15) is 47.1 Å². The Morgan fingerprint density at radius 3 is 1.13 bits per heavy atom. The number of nitrogens with two attached hydrogens (primary N) is 1. The molecule has 2 unspecified atom stereocenters. The lowest BCUT2D eigenvalue weighted by Gasteiger charge is -2.19. The molecule has 0 aliphatic heterocycles. The molecule has 0 radical (unpaired) electrons. The van der Waals surface area contributed by atoms with Crippen molar-refractivity contribution in [3.63, 3.8) is 0 Å². The summed E-state index contributed by atoms with van der Waals surface area (Å²) in [6.45, 7) is 7.90. The van der Waals surface area contributed by atoms with Crippen molar-refractivity contribution in [2.45, 2.75) is 171 Å². The van der Waals surface area contributed by atoms with Crippen molar-refractivity contribution in [3.8, 4) is 17.2 Å². The summed E-state index contributed by atoms with van der Waals surface area (Å²) in [6.07, 6.45) is 8.68. The van der Waals surface area contributed by atoms with Gasteiger partial charge < -0.3 is 56.9 Å². The van der Waals surface area contributed by atoms with Crippen LogP contribution >= 0.6 is 12.4 Å². The largest absolute Gasteiger partial charge is 0.508 e. The first-order chi connectivity index (χ1) is 34.2. The molecule has 21 nitrogen and oxygen atoms in total. The maximum absolute atomic E-state index is 12.5. The number of nitrogens with one attached hydrogen (secondary N) is 5. The van der Waals surface area contributed by atoms with Crippen LogP contribution in [-0.4, -0.2) is 113 Å². The number of carbonyl (C=O) groups is 7. The first-order valence-corrected chi connectivity index (χ1v) is 25.4. The Bertz CT molecular complexity index is 2220. The second-order valence-electron chi connectivity index (χ2n) is 16.7. The van der Waals surface area contributed by atoms with Crippen LogP contribution in [0.2, 0.25) is 0 Å². The van der Waals surface area contributed by atoms with Gasteiger partial charge in [0.1, 0.15) is 29.3 Å². The molecule has 0 aliphatic rings. The minimum Gasteiger partial charge on any atom is -0.508 e. The third-order valence-electron chi connectivity index (χ3n) is 10.3. The number of hydrogen-bond acceptors (Lipinski definition) is 13. The topological polar surface area (TPSA) is 350 Å². The monoisotopic (exact) mass is 1130 g/mol. The number of phenols is 2. The highest BCUT2D eigenvalue weighted by Crippen LogP contribution is 2.16. The molecule has 0 heterocycles. The van der Waals surface area contributed by atoms with E-state index in [1.165, 1.54) is 36.4 Å². The van der Waals surface area contributed by atoms with Gasteiger partial charge in [0.2, 0.25) is 29.5 Å². The first kappa shape index (κ1) is 79.4. The third-order valence-corrected chi connectivity index (χ3v) is 10.7. The smallest absolute Gasteiger partial charge is 0.446 e. The molecule has 0 saturated heterocycles. The molecule has 0 fully saturated rings. The molecule has 0 aromatic heterocycles. The highest BCUT2D eigenvalue weighted by molar-refractivity contribution is 7.81. The Balaban J connectivity index is -0.000000334. The number of carboxylic acids is 2. The van der Waals surface area contributed by atoms with Crippen LogP contribution in [0.3, 0.4) is 0 Å². The van der Waals surface area contributed by atoms with Gasteiger partial charge in [-0.25, -0.2) is 0 Å². The zero-order chi connectivity index (χ0) is 53.9. The van der Waals surface area contributed by atoms with Gasteiger partial charge in [-0.2, -0.15) is 8.42 Å². The molecule has 3 aromatic carbocycles. The van der Waals surface area contributed by atoms with E-state index in [1.54, 1.807) is 36.4 Å². The fourth-order valence-corrected chi connectivity index (χ4v) is 6.77. The molecule has 0 bridgehead atoms. The summed E-state index contributed by atoms with van der Waals surface area (Å²) in [5, 5.41) is 49.3. The van der Waals surface area contributed by atoms with Crippen LogP contribution in [0.4, 0.5) is 0 Å². The minimum absolute atomic E-state index is 0. The third kappa shape index (κ3) is 40.4. The number of hydrogen-bond donors (Lipinski definition) is 11. The van der Waals surface area contributed by atoms with Crippen molar-refractivity contribution < 1.29 is 71.1 Å². The molecule has 3 atom stereocenters. The highest BCUT2D eigenvalue weighted by Gasteiger charge is 2.23. The Kier molecular flexibility index (Phi) is 47.1. The summed E-state index contributed by atoms with van der Waals surface area (Å²) < 4.78 is 34.4. The minimum atomic E-state index is -4.64. The molecule has 0 saturated carbocycles. The number of phenolic OH excluding ortho intramolecular Hbond substituents is 2. The summed E-state index contributed by atoms with van der Waals surface area (Å²) in [4.78, 5) is 81.6. The van der Waals surface area contributed by atoms with Crippen molar-refractivity contribution in [3.05, 3.63) is 89.5 Å².